The maximum Gasteiger partial charge on any atom is 0.203 e. The summed E-state index contributed by atoms with van der Waals surface area (Å²) in [6, 6.07) is 3.99. The van der Waals surface area contributed by atoms with Crippen LogP contribution < -0.4 is 49.7 Å². The lowest BCUT2D eigenvalue weighted by molar-refractivity contribution is -0.00100. The molecule has 1 heterocycles. The maximum atomic E-state index is 5.37. The Hall–Kier alpha value is -0.880. The van der Waals surface area contributed by atoms with Gasteiger partial charge in [-0.15, -0.1) is 0 Å². The average Bonchev–Trinajstić information content (AvgIpc) is 2.54. The molecule has 0 saturated carbocycles. The molecule has 0 radical (unpaired) electrons. The van der Waals surface area contributed by atoms with Gasteiger partial charge >= 0.3 is 0 Å². The number of hydrogen-bond donors (Lipinski definition) is 2. The first-order valence-corrected chi connectivity index (χ1v) is 7.48. The molecule has 134 valence electrons. The second-order valence-corrected chi connectivity index (χ2v) is 5.36. The van der Waals surface area contributed by atoms with Crippen LogP contribution in [-0.2, 0) is 6.54 Å². The van der Waals surface area contributed by atoms with E-state index in [9.17, 15) is 0 Å². The van der Waals surface area contributed by atoms with Gasteiger partial charge in [-0.2, -0.15) is 0 Å². The van der Waals surface area contributed by atoms with Crippen LogP contribution in [0.4, 0.5) is 0 Å². The minimum absolute atomic E-state index is 0. The number of rotatable bonds is 7. The molecule has 0 bridgehead atoms. The number of nitrogens with one attached hydrogen (secondary N) is 2. The number of piperidine rings is 1. The average molecular weight is 365 g/mol. The Morgan fingerprint density at radius 1 is 1.00 bits per heavy atom. The molecule has 7 heteroatoms. The topological polar surface area (TPSA) is 51.8 Å². The number of benzene rings is 1. The highest BCUT2D eigenvalue weighted by atomic mass is 35.5. The predicted molar refractivity (Wildman–Crippen MR) is 83.4 cm³/mol. The lowest BCUT2D eigenvalue weighted by atomic mass is 9.98. The quantitative estimate of drug-likeness (QED) is 0.514. The molecule has 23 heavy (non-hydrogen) atoms. The largest absolute Gasteiger partial charge is 1.00 e. The minimum atomic E-state index is 0. The smallest absolute Gasteiger partial charge is 0.203 e. The summed E-state index contributed by atoms with van der Waals surface area (Å²) in [7, 11) is 4.91. The van der Waals surface area contributed by atoms with Crippen molar-refractivity contribution in [2.75, 3.05) is 41.0 Å². The number of halogens is 2. The third kappa shape index (κ3) is 6.26. The highest BCUT2D eigenvalue weighted by Crippen LogP contribution is 2.38. The van der Waals surface area contributed by atoms with E-state index in [0.29, 0.717) is 17.2 Å². The fourth-order valence-corrected chi connectivity index (χ4v) is 2.74. The molecule has 1 saturated heterocycles. The van der Waals surface area contributed by atoms with Gasteiger partial charge in [-0.25, -0.2) is 0 Å². The van der Waals surface area contributed by atoms with Crippen molar-refractivity contribution in [3.8, 4) is 17.2 Å². The Kier molecular flexibility index (Phi) is 11.2. The van der Waals surface area contributed by atoms with Crippen molar-refractivity contribution in [2.45, 2.75) is 19.4 Å². The molecule has 5 nitrogen and oxygen atoms in total. The molecule has 0 spiro atoms. The fraction of sp³-hybridized carbons (Fsp3) is 0.625. The van der Waals surface area contributed by atoms with E-state index in [4.69, 9.17) is 14.2 Å². The van der Waals surface area contributed by atoms with E-state index in [0.717, 1.165) is 37.7 Å². The molecule has 0 amide bonds. The molecule has 1 aromatic carbocycles. The first kappa shape index (κ1) is 22.1. The summed E-state index contributed by atoms with van der Waals surface area (Å²) in [5.74, 6) is 2.82. The summed E-state index contributed by atoms with van der Waals surface area (Å²) in [5.41, 5.74) is 1.14. The van der Waals surface area contributed by atoms with Gasteiger partial charge < -0.3 is 49.7 Å². The van der Waals surface area contributed by atoms with E-state index in [1.54, 1.807) is 21.3 Å². The zero-order chi connectivity index (χ0) is 15.1. The Morgan fingerprint density at radius 3 is 2.04 bits per heavy atom. The third-order valence-corrected chi connectivity index (χ3v) is 3.95. The molecular weight excluding hydrogens is 339 g/mol. The van der Waals surface area contributed by atoms with Crippen molar-refractivity contribution in [1.29, 1.82) is 0 Å². The van der Waals surface area contributed by atoms with Crippen LogP contribution in [-0.4, -0.2) is 41.0 Å². The molecule has 2 rings (SSSR count). The Bertz CT molecular complexity index is 430. The highest BCUT2D eigenvalue weighted by Gasteiger charge is 2.14. The summed E-state index contributed by atoms with van der Waals surface area (Å²) >= 11 is 0. The number of methoxy groups -OCH3 is 3. The van der Waals surface area contributed by atoms with Crippen LogP contribution in [0.3, 0.4) is 0 Å². The molecule has 1 fully saturated rings. The molecule has 0 unspecified atom stereocenters. The van der Waals surface area contributed by atoms with E-state index < -0.39 is 0 Å². The molecule has 2 N–H and O–H groups in total. The summed E-state index contributed by atoms with van der Waals surface area (Å²) in [5, 5.41) is 6.92. The van der Waals surface area contributed by atoms with Gasteiger partial charge in [0.1, 0.15) is 0 Å². The van der Waals surface area contributed by atoms with Crippen LogP contribution in [0.2, 0.25) is 0 Å². The lowest BCUT2D eigenvalue weighted by Gasteiger charge is -2.23. The molecule has 1 aliphatic heterocycles. The van der Waals surface area contributed by atoms with Crippen LogP contribution in [0.15, 0.2) is 12.1 Å². The van der Waals surface area contributed by atoms with Gasteiger partial charge in [-0.3, -0.25) is 0 Å². The van der Waals surface area contributed by atoms with E-state index >= 15 is 0 Å². The van der Waals surface area contributed by atoms with Gasteiger partial charge in [0, 0.05) is 6.54 Å². The van der Waals surface area contributed by atoms with E-state index in [1.807, 2.05) is 12.1 Å². The normalized spacial score (nSPS) is 14.4. The van der Waals surface area contributed by atoms with Crippen molar-refractivity contribution in [3.63, 3.8) is 0 Å². The standard InChI is InChI=1S/C16H26N2O3.2ClH/c1-19-14-8-13(9-15(20-2)16(14)21-3)11-18-10-12-4-6-17-7-5-12;;/h8-9,12,17-18H,4-7,10-11H2,1-3H3;2*1H/p-2. The van der Waals surface area contributed by atoms with Crippen LogP contribution >= 0.6 is 0 Å². The van der Waals surface area contributed by atoms with Gasteiger partial charge in [0.15, 0.2) is 11.5 Å². The number of ether oxygens (including phenoxy) is 3. The predicted octanol–water partition coefficient (Wildman–Crippen LogP) is -4.19. The minimum Gasteiger partial charge on any atom is -1.00 e. The van der Waals surface area contributed by atoms with Crippen LogP contribution in [0.1, 0.15) is 18.4 Å². The zero-order valence-electron chi connectivity index (χ0n) is 14.0. The highest BCUT2D eigenvalue weighted by molar-refractivity contribution is 5.53. The Labute approximate surface area is 151 Å². The van der Waals surface area contributed by atoms with E-state index in [-0.39, 0.29) is 24.8 Å². The zero-order valence-corrected chi connectivity index (χ0v) is 15.5. The van der Waals surface area contributed by atoms with Crippen molar-refractivity contribution >= 4 is 0 Å². The van der Waals surface area contributed by atoms with Crippen LogP contribution in [0, 0.1) is 5.92 Å². The van der Waals surface area contributed by atoms with Gasteiger partial charge in [-0.1, -0.05) is 0 Å². The third-order valence-electron chi connectivity index (χ3n) is 3.95. The van der Waals surface area contributed by atoms with Crippen molar-refractivity contribution in [3.05, 3.63) is 17.7 Å². The lowest BCUT2D eigenvalue weighted by Crippen LogP contribution is -3.00. The number of hydrogen-bond acceptors (Lipinski definition) is 5. The first-order valence-electron chi connectivity index (χ1n) is 7.48. The van der Waals surface area contributed by atoms with Gasteiger partial charge in [0.25, 0.3) is 0 Å². The molecule has 0 aromatic heterocycles. The monoisotopic (exact) mass is 364 g/mol. The molecule has 0 atom stereocenters. The SMILES string of the molecule is COc1cc(CNCC2CCNCC2)cc(OC)c1OC.[Cl-].[Cl-]. The summed E-state index contributed by atoms with van der Waals surface area (Å²) in [6.45, 7) is 4.13. The van der Waals surface area contributed by atoms with Crippen molar-refractivity contribution in [2.24, 2.45) is 5.92 Å². The summed E-state index contributed by atoms with van der Waals surface area (Å²) < 4.78 is 16.1. The fourth-order valence-electron chi connectivity index (χ4n) is 2.74. The van der Waals surface area contributed by atoms with Crippen LogP contribution in [0.25, 0.3) is 0 Å². The second kappa shape index (κ2) is 11.6. The molecular formula is C16H26Cl2N2O3-2. The molecule has 1 aromatic rings. The first-order chi connectivity index (χ1) is 10.3. The Balaban J connectivity index is 0.00000242. The van der Waals surface area contributed by atoms with Crippen molar-refractivity contribution in [1.82, 2.24) is 10.6 Å². The van der Waals surface area contributed by atoms with Crippen molar-refractivity contribution < 1.29 is 39.0 Å². The van der Waals surface area contributed by atoms with E-state index in [1.165, 1.54) is 12.8 Å². The molecule has 0 aliphatic carbocycles. The molecule has 1 aliphatic rings. The van der Waals surface area contributed by atoms with Crippen LogP contribution in [0.5, 0.6) is 17.2 Å². The second-order valence-electron chi connectivity index (χ2n) is 5.36. The van der Waals surface area contributed by atoms with Gasteiger partial charge in [0.05, 0.1) is 21.3 Å². The summed E-state index contributed by atoms with van der Waals surface area (Å²) in [4.78, 5) is 0. The van der Waals surface area contributed by atoms with Gasteiger partial charge in [-0.05, 0) is 56.1 Å². The van der Waals surface area contributed by atoms with E-state index in [2.05, 4.69) is 10.6 Å². The van der Waals surface area contributed by atoms with Gasteiger partial charge in [0.2, 0.25) is 5.75 Å². The summed E-state index contributed by atoms with van der Waals surface area (Å²) in [6.07, 6.45) is 2.50. The maximum absolute atomic E-state index is 5.37. The Morgan fingerprint density at radius 2 is 1.57 bits per heavy atom.